The van der Waals surface area contributed by atoms with Gasteiger partial charge in [0.25, 0.3) is 0 Å². The third-order valence-electron chi connectivity index (χ3n) is 6.51. The number of nitrogens with two attached hydrogens (primary N) is 1. The van der Waals surface area contributed by atoms with Crippen molar-refractivity contribution >= 4 is 16.5 Å². The largest absolute Gasteiger partial charge is 0.375 e. The van der Waals surface area contributed by atoms with Crippen LogP contribution in [0.1, 0.15) is 49.8 Å². The molecule has 2 atom stereocenters. The zero-order chi connectivity index (χ0) is 14.8. The highest BCUT2D eigenvalue weighted by molar-refractivity contribution is 7.13. The molecule has 4 aliphatic carbocycles. The van der Waals surface area contributed by atoms with Crippen molar-refractivity contribution in [2.45, 2.75) is 49.4 Å². The number of nitrogens with zero attached hydrogens (tertiary/aromatic N) is 1. The minimum absolute atomic E-state index is 0.300. The van der Waals surface area contributed by atoms with E-state index in [4.69, 9.17) is 10.7 Å². The first-order chi connectivity index (χ1) is 10.7. The Morgan fingerprint density at radius 3 is 2.32 bits per heavy atom. The summed E-state index contributed by atoms with van der Waals surface area (Å²) in [5, 5.41) is 2.97. The predicted molar refractivity (Wildman–Crippen MR) is 91.0 cm³/mol. The molecular formula is C19H22N2S. The minimum Gasteiger partial charge on any atom is -0.375 e. The molecule has 0 unspecified atom stereocenters. The van der Waals surface area contributed by atoms with E-state index in [-0.39, 0.29) is 0 Å². The molecule has 1 aromatic heterocycles. The number of rotatable bonds is 2. The molecule has 2 nitrogen and oxygen atoms in total. The summed E-state index contributed by atoms with van der Waals surface area (Å²) in [6, 6.07) is 11.3. The molecule has 0 aliphatic heterocycles. The van der Waals surface area contributed by atoms with E-state index in [1.165, 1.54) is 44.2 Å². The predicted octanol–water partition coefficient (Wildman–Crippen LogP) is 4.51. The van der Waals surface area contributed by atoms with Crippen molar-refractivity contribution in [2.24, 2.45) is 11.8 Å². The summed E-state index contributed by atoms with van der Waals surface area (Å²) in [7, 11) is 0. The van der Waals surface area contributed by atoms with Crippen LogP contribution >= 0.6 is 11.3 Å². The molecule has 6 rings (SSSR count). The van der Waals surface area contributed by atoms with Crippen LogP contribution in [0.4, 0.5) is 5.13 Å². The van der Waals surface area contributed by atoms with Crippen LogP contribution in [0.5, 0.6) is 0 Å². The summed E-state index contributed by atoms with van der Waals surface area (Å²) >= 11 is 1.61. The van der Waals surface area contributed by atoms with Gasteiger partial charge in [-0.15, -0.1) is 11.3 Å². The van der Waals surface area contributed by atoms with Crippen LogP contribution in [0.25, 0.3) is 0 Å². The smallest absolute Gasteiger partial charge is 0.180 e. The molecule has 4 bridgehead atoms. The lowest BCUT2D eigenvalue weighted by atomic mass is 9.42. The van der Waals surface area contributed by atoms with Crippen molar-refractivity contribution in [1.29, 1.82) is 0 Å². The van der Waals surface area contributed by atoms with Gasteiger partial charge in [-0.3, -0.25) is 0 Å². The van der Waals surface area contributed by atoms with Crippen LogP contribution in [0.2, 0.25) is 0 Å². The summed E-state index contributed by atoms with van der Waals surface area (Å²) in [4.78, 5) is 4.72. The second kappa shape index (κ2) is 4.35. The van der Waals surface area contributed by atoms with E-state index < -0.39 is 0 Å². The molecule has 1 heterocycles. The first kappa shape index (κ1) is 13.1. The Hall–Kier alpha value is -1.35. The number of anilines is 1. The first-order valence-corrected chi connectivity index (χ1v) is 9.33. The van der Waals surface area contributed by atoms with Gasteiger partial charge in [0, 0.05) is 10.8 Å². The van der Waals surface area contributed by atoms with E-state index in [1.807, 2.05) is 0 Å². The molecule has 4 fully saturated rings. The second-order valence-corrected chi connectivity index (χ2v) is 8.85. The molecule has 0 amide bonds. The minimum atomic E-state index is 0.300. The van der Waals surface area contributed by atoms with E-state index in [2.05, 4.69) is 35.7 Å². The fraction of sp³-hybridized carbons (Fsp3) is 0.526. The van der Waals surface area contributed by atoms with Gasteiger partial charge in [-0.25, -0.2) is 4.98 Å². The van der Waals surface area contributed by atoms with Gasteiger partial charge < -0.3 is 5.73 Å². The van der Waals surface area contributed by atoms with E-state index in [0.717, 1.165) is 17.0 Å². The summed E-state index contributed by atoms with van der Waals surface area (Å²) in [5.41, 5.74) is 9.50. The molecule has 4 saturated carbocycles. The van der Waals surface area contributed by atoms with Gasteiger partial charge in [-0.2, -0.15) is 0 Å². The Balaban J connectivity index is 1.62. The Morgan fingerprint density at radius 1 is 1.00 bits per heavy atom. The van der Waals surface area contributed by atoms with Crippen LogP contribution in [0, 0.1) is 11.8 Å². The number of nitrogen functional groups attached to an aromatic ring is 1. The van der Waals surface area contributed by atoms with Crippen molar-refractivity contribution in [2.75, 3.05) is 5.73 Å². The first-order valence-electron chi connectivity index (χ1n) is 8.45. The van der Waals surface area contributed by atoms with Gasteiger partial charge >= 0.3 is 0 Å². The maximum Gasteiger partial charge on any atom is 0.180 e. The van der Waals surface area contributed by atoms with E-state index in [1.54, 1.807) is 16.9 Å². The zero-order valence-electron chi connectivity index (χ0n) is 12.8. The van der Waals surface area contributed by atoms with E-state index >= 15 is 0 Å². The van der Waals surface area contributed by atoms with Crippen LogP contribution < -0.4 is 5.73 Å². The summed E-state index contributed by atoms with van der Waals surface area (Å²) in [6.45, 7) is 0. The van der Waals surface area contributed by atoms with Gasteiger partial charge in [0.2, 0.25) is 0 Å². The highest BCUT2D eigenvalue weighted by Crippen LogP contribution is 2.66. The third-order valence-corrected chi connectivity index (χ3v) is 7.19. The number of aromatic nitrogens is 1. The van der Waals surface area contributed by atoms with Crippen LogP contribution in [0.15, 0.2) is 35.7 Å². The number of benzene rings is 1. The highest BCUT2D eigenvalue weighted by Gasteiger charge is 2.59. The fourth-order valence-electron chi connectivity index (χ4n) is 6.22. The van der Waals surface area contributed by atoms with Gasteiger partial charge in [-0.05, 0) is 61.3 Å². The van der Waals surface area contributed by atoms with Crippen molar-refractivity contribution in [3.63, 3.8) is 0 Å². The molecule has 0 radical (unpaired) electrons. The maximum absolute atomic E-state index is 5.95. The van der Waals surface area contributed by atoms with E-state index in [0.29, 0.717) is 10.8 Å². The Labute approximate surface area is 135 Å². The van der Waals surface area contributed by atoms with E-state index in [9.17, 15) is 0 Å². The summed E-state index contributed by atoms with van der Waals surface area (Å²) in [5.74, 6) is 1.76. The van der Waals surface area contributed by atoms with Gasteiger partial charge in [0.05, 0.1) is 5.69 Å². The Morgan fingerprint density at radius 2 is 1.68 bits per heavy atom. The lowest BCUT2D eigenvalue weighted by Crippen LogP contribution is -2.56. The second-order valence-electron chi connectivity index (χ2n) is 7.96. The van der Waals surface area contributed by atoms with Crippen LogP contribution in [-0.2, 0) is 10.8 Å². The molecule has 2 aromatic rings. The quantitative estimate of drug-likeness (QED) is 0.886. The number of thiazole rings is 1. The highest BCUT2D eigenvalue weighted by atomic mass is 32.1. The molecule has 22 heavy (non-hydrogen) atoms. The lowest BCUT2D eigenvalue weighted by Gasteiger charge is -2.62. The van der Waals surface area contributed by atoms with Crippen molar-refractivity contribution in [3.05, 3.63) is 47.0 Å². The molecule has 4 aliphatic rings. The molecule has 0 saturated heterocycles. The van der Waals surface area contributed by atoms with Crippen molar-refractivity contribution in [3.8, 4) is 0 Å². The number of hydrogen-bond acceptors (Lipinski definition) is 3. The molecular weight excluding hydrogens is 288 g/mol. The monoisotopic (exact) mass is 310 g/mol. The SMILES string of the molecule is Nc1nc(C23C[C@H]4C[C@@H](CC(c5ccccc5)(C4)C2)C3)cs1. The average Bonchev–Trinajstić information content (AvgIpc) is 2.94. The van der Waals surface area contributed by atoms with Crippen LogP contribution in [-0.4, -0.2) is 4.98 Å². The molecule has 114 valence electrons. The normalized spacial score (nSPS) is 39.3. The van der Waals surface area contributed by atoms with Gasteiger partial charge in [0.15, 0.2) is 5.13 Å². The van der Waals surface area contributed by atoms with Gasteiger partial charge in [-0.1, -0.05) is 30.3 Å². The van der Waals surface area contributed by atoms with Crippen LogP contribution in [0.3, 0.4) is 0 Å². The third kappa shape index (κ3) is 1.75. The average molecular weight is 310 g/mol. The Kier molecular flexibility index (Phi) is 2.59. The fourth-order valence-corrected chi connectivity index (χ4v) is 6.91. The maximum atomic E-state index is 5.95. The summed E-state index contributed by atoms with van der Waals surface area (Å²) < 4.78 is 0. The Bertz CT molecular complexity index is 691. The van der Waals surface area contributed by atoms with Gasteiger partial charge in [0.1, 0.15) is 0 Å². The summed E-state index contributed by atoms with van der Waals surface area (Å²) in [6.07, 6.45) is 8.16. The topological polar surface area (TPSA) is 38.9 Å². The number of hydrogen-bond donors (Lipinski definition) is 1. The molecule has 1 aromatic carbocycles. The molecule has 3 heteroatoms. The lowest BCUT2D eigenvalue weighted by molar-refractivity contribution is -0.0296. The standard InChI is InChI=1S/C19H22N2S/c20-17-21-16(11-22-17)19-9-13-6-14(10-19)8-18(7-13,12-19)15-4-2-1-3-5-15/h1-5,11,13-14H,6-10,12H2,(H2,20,21)/t13-,14-,18?,19?/m0/s1. The van der Waals surface area contributed by atoms with Crippen molar-refractivity contribution in [1.82, 2.24) is 4.98 Å². The molecule has 0 spiro atoms. The van der Waals surface area contributed by atoms with Crippen molar-refractivity contribution < 1.29 is 0 Å². The zero-order valence-corrected chi connectivity index (χ0v) is 13.6. The molecule has 2 N–H and O–H groups in total.